The maximum Gasteiger partial charge on any atom is 0.253 e. The zero-order valence-electron chi connectivity index (χ0n) is 7.40. The normalized spacial score (nSPS) is 28.4. The summed E-state index contributed by atoms with van der Waals surface area (Å²) in [5.74, 6) is -0.431. The molecule has 0 radical (unpaired) electrons. The van der Waals surface area contributed by atoms with Crippen LogP contribution in [-0.4, -0.2) is 35.5 Å². The van der Waals surface area contributed by atoms with E-state index in [-0.39, 0.29) is 24.0 Å². The molecule has 0 N–H and O–H groups in total. The molecular weight excluding hydrogens is 170 g/mol. The van der Waals surface area contributed by atoms with Gasteiger partial charge in [-0.05, 0) is 6.42 Å². The van der Waals surface area contributed by atoms with E-state index in [4.69, 9.17) is 4.74 Å². The van der Waals surface area contributed by atoms with Gasteiger partial charge in [0.05, 0.1) is 12.6 Å². The lowest BCUT2D eigenvalue weighted by molar-refractivity contribution is -0.140. The third-order valence-electron chi connectivity index (χ3n) is 2.38. The van der Waals surface area contributed by atoms with Crippen LogP contribution < -0.4 is 0 Å². The Morgan fingerprint density at radius 1 is 1.54 bits per heavy atom. The average molecular weight is 181 g/mol. The third kappa shape index (κ3) is 1.37. The van der Waals surface area contributed by atoms with Gasteiger partial charge >= 0.3 is 0 Å². The minimum absolute atomic E-state index is 0.0674. The number of nitrogens with zero attached hydrogens (tertiary/aromatic N) is 1. The summed E-state index contributed by atoms with van der Waals surface area (Å²) in [6, 6.07) is -0.0741. The summed E-state index contributed by atoms with van der Waals surface area (Å²) in [5, 5.41) is 0. The highest BCUT2D eigenvalue weighted by Gasteiger charge is 2.41. The molecule has 0 spiro atoms. The lowest BCUT2D eigenvalue weighted by Gasteiger charge is -2.22. The molecule has 2 atom stereocenters. The molecule has 2 heterocycles. The Morgan fingerprint density at radius 3 is 2.46 bits per heavy atom. The lowest BCUT2D eigenvalue weighted by Crippen LogP contribution is -2.42. The standard InChI is InChI=1S/C9H11NO3/c1-2-6(7-5-13-7)10-8(11)3-4-9(10)12/h3-4,6-7H,2,5H2,1H3. The van der Waals surface area contributed by atoms with Crippen molar-refractivity contribution in [1.29, 1.82) is 0 Å². The first-order valence-corrected chi connectivity index (χ1v) is 4.41. The number of hydrogen-bond acceptors (Lipinski definition) is 3. The summed E-state index contributed by atoms with van der Waals surface area (Å²) in [6.45, 7) is 2.61. The second-order valence-corrected chi connectivity index (χ2v) is 3.23. The number of imide groups is 1. The topological polar surface area (TPSA) is 49.9 Å². The molecule has 0 aliphatic carbocycles. The van der Waals surface area contributed by atoms with Crippen LogP contribution in [0.3, 0.4) is 0 Å². The number of carbonyl (C=O) groups is 2. The molecule has 2 aliphatic heterocycles. The van der Waals surface area contributed by atoms with Crippen LogP contribution in [0.4, 0.5) is 0 Å². The highest BCUT2D eigenvalue weighted by atomic mass is 16.6. The van der Waals surface area contributed by atoms with Crippen molar-refractivity contribution in [3.8, 4) is 0 Å². The van der Waals surface area contributed by atoms with E-state index in [0.717, 1.165) is 6.42 Å². The molecule has 1 fully saturated rings. The number of hydrogen-bond donors (Lipinski definition) is 0. The number of epoxide rings is 1. The van der Waals surface area contributed by atoms with Crippen molar-refractivity contribution in [2.24, 2.45) is 0 Å². The fourth-order valence-corrected chi connectivity index (χ4v) is 1.63. The monoisotopic (exact) mass is 181 g/mol. The number of amides is 2. The van der Waals surface area contributed by atoms with E-state index in [2.05, 4.69) is 0 Å². The molecule has 70 valence electrons. The molecule has 0 saturated carbocycles. The second-order valence-electron chi connectivity index (χ2n) is 3.23. The third-order valence-corrected chi connectivity index (χ3v) is 2.38. The summed E-state index contributed by atoms with van der Waals surface area (Å²) in [5.41, 5.74) is 0. The van der Waals surface area contributed by atoms with Crippen molar-refractivity contribution < 1.29 is 14.3 Å². The van der Waals surface area contributed by atoms with Gasteiger partial charge in [0.25, 0.3) is 11.8 Å². The zero-order valence-corrected chi connectivity index (χ0v) is 7.40. The first-order valence-electron chi connectivity index (χ1n) is 4.41. The summed E-state index contributed by atoms with van der Waals surface area (Å²) < 4.78 is 5.10. The van der Waals surface area contributed by atoms with E-state index in [0.29, 0.717) is 6.61 Å². The molecule has 0 bridgehead atoms. The van der Waals surface area contributed by atoms with Crippen LogP contribution in [0.1, 0.15) is 13.3 Å². The Balaban J connectivity index is 2.13. The van der Waals surface area contributed by atoms with E-state index >= 15 is 0 Å². The van der Waals surface area contributed by atoms with Crippen molar-refractivity contribution >= 4 is 11.8 Å². The Hall–Kier alpha value is -1.16. The number of ether oxygens (including phenoxy) is 1. The van der Waals surface area contributed by atoms with Gasteiger partial charge in [0, 0.05) is 12.2 Å². The number of carbonyl (C=O) groups excluding carboxylic acids is 2. The fraction of sp³-hybridized carbons (Fsp3) is 0.556. The van der Waals surface area contributed by atoms with Gasteiger partial charge in [0.15, 0.2) is 0 Å². The Bertz CT molecular complexity index is 263. The second kappa shape index (κ2) is 2.96. The minimum atomic E-state index is -0.215. The van der Waals surface area contributed by atoms with Gasteiger partial charge in [0.1, 0.15) is 6.10 Å². The molecular formula is C9H11NO3. The van der Waals surface area contributed by atoms with E-state index in [9.17, 15) is 9.59 Å². The largest absolute Gasteiger partial charge is 0.371 e. The van der Waals surface area contributed by atoms with Gasteiger partial charge in [-0.15, -0.1) is 0 Å². The van der Waals surface area contributed by atoms with Crippen molar-refractivity contribution in [1.82, 2.24) is 4.90 Å². The van der Waals surface area contributed by atoms with Crippen LogP contribution >= 0.6 is 0 Å². The van der Waals surface area contributed by atoms with Crippen LogP contribution in [0, 0.1) is 0 Å². The SMILES string of the molecule is CCC(C1CO1)N1C(=O)C=CC1=O. The molecule has 4 nitrogen and oxygen atoms in total. The van der Waals surface area contributed by atoms with Gasteiger partial charge in [-0.25, -0.2) is 0 Å². The van der Waals surface area contributed by atoms with Crippen molar-refractivity contribution in [3.05, 3.63) is 12.2 Å². The van der Waals surface area contributed by atoms with Gasteiger partial charge < -0.3 is 4.74 Å². The van der Waals surface area contributed by atoms with Crippen molar-refractivity contribution in [3.63, 3.8) is 0 Å². The fourth-order valence-electron chi connectivity index (χ4n) is 1.63. The minimum Gasteiger partial charge on any atom is -0.371 e. The maximum absolute atomic E-state index is 11.3. The summed E-state index contributed by atoms with van der Waals surface area (Å²) in [4.78, 5) is 23.8. The zero-order chi connectivity index (χ0) is 9.42. The van der Waals surface area contributed by atoms with Crippen LogP contribution in [0.2, 0.25) is 0 Å². The molecule has 2 unspecified atom stereocenters. The predicted molar refractivity (Wildman–Crippen MR) is 44.8 cm³/mol. The van der Waals surface area contributed by atoms with E-state index < -0.39 is 0 Å². The van der Waals surface area contributed by atoms with E-state index in [1.807, 2.05) is 6.92 Å². The molecule has 0 aromatic heterocycles. The average Bonchev–Trinajstić information content (AvgIpc) is 2.88. The molecule has 2 aliphatic rings. The van der Waals surface area contributed by atoms with Gasteiger partial charge in [-0.1, -0.05) is 6.92 Å². The van der Waals surface area contributed by atoms with Crippen molar-refractivity contribution in [2.75, 3.05) is 6.61 Å². The maximum atomic E-state index is 11.3. The van der Waals surface area contributed by atoms with Crippen LogP contribution in [0.25, 0.3) is 0 Å². The lowest BCUT2D eigenvalue weighted by atomic mass is 10.1. The molecule has 1 saturated heterocycles. The molecule has 0 aromatic rings. The van der Waals surface area contributed by atoms with Gasteiger partial charge in [-0.2, -0.15) is 0 Å². The highest BCUT2D eigenvalue weighted by molar-refractivity contribution is 6.13. The predicted octanol–water partition coefficient (Wildman–Crippen LogP) is 0.0888. The van der Waals surface area contributed by atoms with E-state index in [1.165, 1.54) is 17.1 Å². The molecule has 2 amide bonds. The smallest absolute Gasteiger partial charge is 0.253 e. The number of rotatable bonds is 3. The molecule has 0 aromatic carbocycles. The Labute approximate surface area is 76.2 Å². The van der Waals surface area contributed by atoms with Crippen LogP contribution in [0.15, 0.2) is 12.2 Å². The Kier molecular flexibility index (Phi) is 1.92. The van der Waals surface area contributed by atoms with E-state index in [1.54, 1.807) is 0 Å². The summed E-state index contributed by atoms with van der Waals surface area (Å²) >= 11 is 0. The Morgan fingerprint density at radius 2 is 2.08 bits per heavy atom. The molecule has 13 heavy (non-hydrogen) atoms. The molecule has 2 rings (SSSR count). The van der Waals surface area contributed by atoms with Crippen LogP contribution in [-0.2, 0) is 14.3 Å². The van der Waals surface area contributed by atoms with Crippen molar-refractivity contribution in [2.45, 2.75) is 25.5 Å². The summed E-state index contributed by atoms with van der Waals surface area (Å²) in [6.07, 6.45) is 3.45. The highest BCUT2D eigenvalue weighted by Crippen LogP contribution is 2.24. The first kappa shape index (κ1) is 8.44. The van der Waals surface area contributed by atoms with Gasteiger partial charge in [-0.3, -0.25) is 14.5 Å². The summed E-state index contributed by atoms with van der Waals surface area (Å²) in [7, 11) is 0. The van der Waals surface area contributed by atoms with Gasteiger partial charge in [0.2, 0.25) is 0 Å². The first-order chi connectivity index (χ1) is 6.24. The quantitative estimate of drug-likeness (QED) is 0.458. The molecule has 4 heteroatoms. The van der Waals surface area contributed by atoms with Crippen LogP contribution in [0.5, 0.6) is 0 Å².